The molecule has 7 heteroatoms. The van der Waals surface area contributed by atoms with E-state index in [4.69, 9.17) is 4.74 Å². The van der Waals surface area contributed by atoms with Crippen molar-refractivity contribution in [1.29, 1.82) is 0 Å². The van der Waals surface area contributed by atoms with Crippen molar-refractivity contribution >= 4 is 11.8 Å². The minimum Gasteiger partial charge on any atom is -0.497 e. The van der Waals surface area contributed by atoms with Gasteiger partial charge in [-0.3, -0.25) is 9.59 Å². The van der Waals surface area contributed by atoms with Crippen LogP contribution in [0.1, 0.15) is 37.2 Å². The van der Waals surface area contributed by atoms with Crippen LogP contribution in [0.3, 0.4) is 0 Å². The minimum absolute atomic E-state index is 0.151. The number of carbonyl (C=O) groups is 2. The second kappa shape index (κ2) is 9.21. The largest absolute Gasteiger partial charge is 0.497 e. The second-order valence-corrected chi connectivity index (χ2v) is 6.45. The summed E-state index contributed by atoms with van der Waals surface area (Å²) < 4.78 is 7.14. The van der Waals surface area contributed by atoms with Crippen LogP contribution in [-0.4, -0.2) is 41.3 Å². The molecule has 0 saturated heterocycles. The normalized spacial score (nSPS) is 11.7. The molecule has 1 atom stereocenters. The zero-order chi connectivity index (χ0) is 20.0. The van der Waals surface area contributed by atoms with Gasteiger partial charge in [0.2, 0.25) is 11.8 Å². The highest BCUT2D eigenvalue weighted by atomic mass is 16.5. The van der Waals surface area contributed by atoms with Gasteiger partial charge in [0.15, 0.2) is 0 Å². The first-order valence-electron chi connectivity index (χ1n) is 9.14. The summed E-state index contributed by atoms with van der Waals surface area (Å²) in [6.07, 6.45) is 0.866. The number of hydrogen-bond donors (Lipinski definition) is 2. The van der Waals surface area contributed by atoms with Crippen LogP contribution in [0.25, 0.3) is 5.69 Å². The molecule has 1 heterocycles. The summed E-state index contributed by atoms with van der Waals surface area (Å²) in [7, 11) is 1.63. The Morgan fingerprint density at radius 1 is 1.30 bits per heavy atom. The monoisotopic (exact) mass is 372 g/mol. The maximum Gasteiger partial charge on any atom is 0.242 e. The molecule has 27 heavy (non-hydrogen) atoms. The number of hydrogen-bond acceptors (Lipinski definition) is 4. The zero-order valence-corrected chi connectivity index (χ0v) is 16.6. The van der Waals surface area contributed by atoms with Crippen molar-refractivity contribution in [3.05, 3.63) is 41.2 Å². The molecule has 0 spiro atoms. The van der Waals surface area contributed by atoms with Gasteiger partial charge in [-0.2, -0.15) is 5.10 Å². The van der Waals surface area contributed by atoms with E-state index < -0.39 is 6.04 Å². The van der Waals surface area contributed by atoms with Crippen molar-refractivity contribution in [2.75, 3.05) is 13.7 Å². The van der Waals surface area contributed by atoms with E-state index in [1.807, 2.05) is 49.7 Å². The van der Waals surface area contributed by atoms with Gasteiger partial charge in [-0.1, -0.05) is 6.07 Å². The first-order chi connectivity index (χ1) is 12.9. The molecule has 7 nitrogen and oxygen atoms in total. The molecule has 0 aliphatic heterocycles. The molecule has 0 saturated carbocycles. The van der Waals surface area contributed by atoms with Gasteiger partial charge in [-0.15, -0.1) is 0 Å². The average molecular weight is 372 g/mol. The van der Waals surface area contributed by atoms with Gasteiger partial charge in [-0.05, 0) is 51.8 Å². The molecule has 1 aromatic heterocycles. The van der Waals surface area contributed by atoms with Gasteiger partial charge in [0.25, 0.3) is 0 Å². The van der Waals surface area contributed by atoms with Gasteiger partial charge in [-0.25, -0.2) is 4.68 Å². The standard InChI is InChI=1S/C20H28N4O3/c1-6-21-20(26)14(3)22-19(25)11-10-18-13(2)23-24(15(18)4)16-8-7-9-17(12-16)27-5/h7-9,12,14H,6,10-11H2,1-5H3,(H,21,26)(H,22,25)/t14-/m0/s1. The Bertz CT molecular complexity index is 814. The van der Waals surface area contributed by atoms with E-state index in [0.29, 0.717) is 19.4 Å². The van der Waals surface area contributed by atoms with Crippen molar-refractivity contribution in [2.24, 2.45) is 0 Å². The number of ether oxygens (including phenoxy) is 1. The SMILES string of the molecule is CCNC(=O)[C@H](C)NC(=O)CCc1c(C)nn(-c2cccc(OC)c2)c1C. The molecule has 0 bridgehead atoms. The smallest absolute Gasteiger partial charge is 0.242 e. The molecular formula is C20H28N4O3. The van der Waals surface area contributed by atoms with Crippen LogP contribution in [0.2, 0.25) is 0 Å². The summed E-state index contributed by atoms with van der Waals surface area (Å²) in [4.78, 5) is 23.9. The summed E-state index contributed by atoms with van der Waals surface area (Å²) in [5.74, 6) is 0.436. The molecule has 2 aromatic rings. The third-order valence-electron chi connectivity index (χ3n) is 4.46. The van der Waals surface area contributed by atoms with Crippen LogP contribution in [0.15, 0.2) is 24.3 Å². The molecule has 146 valence electrons. The third-order valence-corrected chi connectivity index (χ3v) is 4.46. The maximum atomic E-state index is 12.2. The lowest BCUT2D eigenvalue weighted by Crippen LogP contribution is -2.44. The minimum atomic E-state index is -0.542. The summed E-state index contributed by atoms with van der Waals surface area (Å²) in [5, 5.41) is 10.0. The molecule has 0 aliphatic carbocycles. The van der Waals surface area contributed by atoms with Crippen molar-refractivity contribution in [2.45, 2.75) is 46.6 Å². The molecule has 2 N–H and O–H groups in total. The highest BCUT2D eigenvalue weighted by Gasteiger charge is 2.17. The summed E-state index contributed by atoms with van der Waals surface area (Å²) in [6.45, 7) is 8.00. The Hall–Kier alpha value is -2.83. The van der Waals surface area contributed by atoms with E-state index in [-0.39, 0.29) is 11.8 Å². The lowest BCUT2D eigenvalue weighted by atomic mass is 10.1. The Labute approximate surface area is 160 Å². The molecule has 0 unspecified atom stereocenters. The first kappa shape index (κ1) is 20.5. The van der Waals surface area contributed by atoms with Crippen LogP contribution < -0.4 is 15.4 Å². The van der Waals surface area contributed by atoms with Gasteiger partial charge in [0.05, 0.1) is 18.5 Å². The van der Waals surface area contributed by atoms with Crippen LogP contribution in [0, 0.1) is 13.8 Å². The first-order valence-corrected chi connectivity index (χ1v) is 9.14. The van der Waals surface area contributed by atoms with Gasteiger partial charge < -0.3 is 15.4 Å². The quantitative estimate of drug-likeness (QED) is 0.743. The van der Waals surface area contributed by atoms with Gasteiger partial charge >= 0.3 is 0 Å². The predicted octanol–water partition coefficient (Wildman–Crippen LogP) is 2.07. The van der Waals surface area contributed by atoms with Crippen molar-refractivity contribution in [3.8, 4) is 11.4 Å². The van der Waals surface area contributed by atoms with E-state index in [1.165, 1.54) is 0 Å². The van der Waals surface area contributed by atoms with E-state index in [9.17, 15) is 9.59 Å². The van der Waals surface area contributed by atoms with E-state index in [1.54, 1.807) is 14.0 Å². The number of likely N-dealkylation sites (N-methyl/N-ethyl adjacent to an activating group) is 1. The summed E-state index contributed by atoms with van der Waals surface area (Å²) in [5.41, 5.74) is 3.83. The third kappa shape index (κ3) is 5.09. The van der Waals surface area contributed by atoms with E-state index in [0.717, 1.165) is 28.4 Å². The molecule has 0 fully saturated rings. The molecular weight excluding hydrogens is 344 g/mol. The predicted molar refractivity (Wildman–Crippen MR) is 104 cm³/mol. The molecule has 0 aliphatic rings. The number of methoxy groups -OCH3 is 1. The lowest BCUT2D eigenvalue weighted by Gasteiger charge is -2.13. The molecule has 1 aromatic carbocycles. The number of aromatic nitrogens is 2. The number of amides is 2. The van der Waals surface area contributed by atoms with E-state index in [2.05, 4.69) is 15.7 Å². The number of nitrogens with one attached hydrogen (secondary N) is 2. The number of aryl methyl sites for hydroxylation is 1. The average Bonchev–Trinajstić information content (AvgIpc) is 2.94. The Kier molecular flexibility index (Phi) is 6.98. The van der Waals surface area contributed by atoms with Crippen molar-refractivity contribution < 1.29 is 14.3 Å². The van der Waals surface area contributed by atoms with Gasteiger partial charge in [0.1, 0.15) is 11.8 Å². The number of rotatable bonds is 8. The number of benzene rings is 1. The van der Waals surface area contributed by atoms with Crippen LogP contribution in [-0.2, 0) is 16.0 Å². The van der Waals surface area contributed by atoms with Gasteiger partial charge in [0, 0.05) is 24.7 Å². The molecule has 2 rings (SSSR count). The second-order valence-electron chi connectivity index (χ2n) is 6.45. The van der Waals surface area contributed by atoms with Crippen molar-refractivity contribution in [3.63, 3.8) is 0 Å². The van der Waals surface area contributed by atoms with Crippen LogP contribution in [0.4, 0.5) is 0 Å². The van der Waals surface area contributed by atoms with E-state index >= 15 is 0 Å². The van der Waals surface area contributed by atoms with Crippen LogP contribution in [0.5, 0.6) is 5.75 Å². The molecule has 2 amide bonds. The fraction of sp³-hybridized carbons (Fsp3) is 0.450. The number of carbonyl (C=O) groups excluding carboxylic acids is 2. The topological polar surface area (TPSA) is 85.3 Å². The molecule has 0 radical (unpaired) electrons. The lowest BCUT2D eigenvalue weighted by molar-refractivity contribution is -0.128. The van der Waals surface area contributed by atoms with Crippen LogP contribution >= 0.6 is 0 Å². The highest BCUT2D eigenvalue weighted by Crippen LogP contribution is 2.22. The Morgan fingerprint density at radius 3 is 2.70 bits per heavy atom. The zero-order valence-electron chi connectivity index (χ0n) is 16.6. The number of nitrogens with zero attached hydrogens (tertiary/aromatic N) is 2. The fourth-order valence-electron chi connectivity index (χ4n) is 2.98. The summed E-state index contributed by atoms with van der Waals surface area (Å²) in [6, 6.07) is 7.15. The van der Waals surface area contributed by atoms with Crippen molar-refractivity contribution in [1.82, 2.24) is 20.4 Å². The Morgan fingerprint density at radius 2 is 2.04 bits per heavy atom. The summed E-state index contributed by atoms with van der Waals surface area (Å²) >= 11 is 0. The maximum absolute atomic E-state index is 12.2. The fourth-order valence-corrected chi connectivity index (χ4v) is 2.98. The highest BCUT2D eigenvalue weighted by molar-refractivity contribution is 5.87. The Balaban J connectivity index is 2.06.